The molecule has 2 rings (SSSR count). The van der Waals surface area contributed by atoms with E-state index in [1.54, 1.807) is 0 Å². The van der Waals surface area contributed by atoms with Crippen molar-refractivity contribution >= 4 is 5.91 Å². The Morgan fingerprint density at radius 1 is 1.54 bits per heavy atom. The fourth-order valence-corrected chi connectivity index (χ4v) is 1.96. The Morgan fingerprint density at radius 3 is 3.08 bits per heavy atom. The van der Waals surface area contributed by atoms with Crippen molar-refractivity contribution in [3.8, 4) is 0 Å². The molecule has 13 heavy (non-hydrogen) atoms. The van der Waals surface area contributed by atoms with Crippen molar-refractivity contribution < 1.29 is 9.53 Å². The van der Waals surface area contributed by atoms with Crippen LogP contribution in [0, 0.1) is 0 Å². The molecule has 0 spiro atoms. The number of hydrogen-bond donors (Lipinski definition) is 2. The normalized spacial score (nSPS) is 34.6. The molecule has 4 heteroatoms. The second kappa shape index (κ2) is 4.07. The van der Waals surface area contributed by atoms with Gasteiger partial charge in [-0.2, -0.15) is 0 Å². The van der Waals surface area contributed by atoms with Crippen LogP contribution in [0.25, 0.3) is 0 Å². The van der Waals surface area contributed by atoms with E-state index < -0.39 is 0 Å². The van der Waals surface area contributed by atoms with Crippen LogP contribution >= 0.6 is 0 Å². The molecule has 2 saturated heterocycles. The van der Waals surface area contributed by atoms with Crippen LogP contribution in [-0.2, 0) is 9.53 Å². The summed E-state index contributed by atoms with van der Waals surface area (Å²) in [7, 11) is 0. The highest BCUT2D eigenvalue weighted by molar-refractivity contribution is 5.77. The van der Waals surface area contributed by atoms with Crippen LogP contribution in [0.5, 0.6) is 0 Å². The van der Waals surface area contributed by atoms with Gasteiger partial charge in [-0.3, -0.25) is 4.79 Å². The Labute approximate surface area is 78.0 Å². The maximum atomic E-state index is 10.8. The highest BCUT2D eigenvalue weighted by atomic mass is 16.5. The number of ether oxygens (including phenoxy) is 1. The third-order valence-electron chi connectivity index (χ3n) is 2.69. The molecule has 2 aliphatic heterocycles. The van der Waals surface area contributed by atoms with Crippen molar-refractivity contribution in [1.82, 2.24) is 10.6 Å². The van der Waals surface area contributed by atoms with E-state index in [2.05, 4.69) is 10.6 Å². The van der Waals surface area contributed by atoms with Crippen molar-refractivity contribution in [2.45, 2.75) is 31.4 Å². The zero-order chi connectivity index (χ0) is 9.10. The average molecular weight is 184 g/mol. The second-order valence-corrected chi connectivity index (χ2v) is 3.77. The van der Waals surface area contributed by atoms with Gasteiger partial charge >= 0.3 is 0 Å². The molecule has 0 aliphatic carbocycles. The molecular formula is C9H16N2O2. The molecule has 0 aromatic carbocycles. The largest absolute Gasteiger partial charge is 0.367 e. The summed E-state index contributed by atoms with van der Waals surface area (Å²) in [5.74, 6) is 0.00984. The Kier molecular flexibility index (Phi) is 2.80. The van der Waals surface area contributed by atoms with E-state index in [1.165, 1.54) is 12.8 Å². The van der Waals surface area contributed by atoms with Gasteiger partial charge in [0.1, 0.15) is 6.61 Å². The molecule has 2 atom stereocenters. The van der Waals surface area contributed by atoms with E-state index in [0.717, 1.165) is 13.0 Å². The van der Waals surface area contributed by atoms with E-state index in [9.17, 15) is 4.79 Å². The summed E-state index contributed by atoms with van der Waals surface area (Å²) in [6.45, 7) is 2.04. The molecule has 0 bridgehead atoms. The van der Waals surface area contributed by atoms with Gasteiger partial charge in [-0.25, -0.2) is 0 Å². The van der Waals surface area contributed by atoms with Crippen LogP contribution < -0.4 is 10.6 Å². The lowest BCUT2D eigenvalue weighted by atomic mass is 10.1. The van der Waals surface area contributed by atoms with Crippen molar-refractivity contribution in [2.75, 3.05) is 19.7 Å². The lowest BCUT2D eigenvalue weighted by molar-refractivity contribution is -0.133. The van der Waals surface area contributed by atoms with Crippen molar-refractivity contribution in [1.29, 1.82) is 0 Å². The van der Waals surface area contributed by atoms with Gasteiger partial charge in [-0.15, -0.1) is 0 Å². The maximum absolute atomic E-state index is 10.8. The molecule has 2 unspecified atom stereocenters. The predicted octanol–water partition coefficient (Wildman–Crippen LogP) is -0.356. The van der Waals surface area contributed by atoms with Gasteiger partial charge in [-0.1, -0.05) is 0 Å². The number of nitrogens with one attached hydrogen (secondary N) is 2. The highest BCUT2D eigenvalue weighted by Gasteiger charge is 2.23. The smallest absolute Gasteiger partial charge is 0.246 e. The van der Waals surface area contributed by atoms with Crippen LogP contribution in [0.15, 0.2) is 0 Å². The molecule has 0 radical (unpaired) electrons. The highest BCUT2D eigenvalue weighted by Crippen LogP contribution is 2.13. The van der Waals surface area contributed by atoms with E-state index in [-0.39, 0.29) is 18.6 Å². The van der Waals surface area contributed by atoms with Crippen LogP contribution in [-0.4, -0.2) is 37.7 Å². The summed E-state index contributed by atoms with van der Waals surface area (Å²) in [6, 6.07) is 0.597. The fourth-order valence-electron chi connectivity index (χ4n) is 1.96. The third kappa shape index (κ3) is 2.42. The van der Waals surface area contributed by atoms with Crippen LogP contribution in [0.2, 0.25) is 0 Å². The first-order valence-corrected chi connectivity index (χ1v) is 4.96. The molecule has 74 valence electrons. The Morgan fingerprint density at radius 2 is 2.46 bits per heavy atom. The van der Waals surface area contributed by atoms with E-state index in [0.29, 0.717) is 12.6 Å². The molecule has 2 heterocycles. The summed E-state index contributed by atoms with van der Waals surface area (Å²) in [4.78, 5) is 10.8. The molecule has 2 N–H and O–H groups in total. The first-order valence-electron chi connectivity index (χ1n) is 4.96. The predicted molar refractivity (Wildman–Crippen MR) is 48.4 cm³/mol. The first-order chi connectivity index (χ1) is 6.34. The minimum Gasteiger partial charge on any atom is -0.367 e. The zero-order valence-corrected chi connectivity index (χ0v) is 7.71. The summed E-state index contributed by atoms with van der Waals surface area (Å²) in [5, 5.41) is 6.24. The molecule has 0 saturated carbocycles. The van der Waals surface area contributed by atoms with Gasteiger partial charge in [-0.05, 0) is 25.8 Å². The molecule has 0 aromatic rings. The van der Waals surface area contributed by atoms with Gasteiger partial charge in [0, 0.05) is 12.6 Å². The minimum atomic E-state index is 0.00984. The number of morpholine rings is 1. The second-order valence-electron chi connectivity index (χ2n) is 3.77. The fraction of sp³-hybridized carbons (Fsp3) is 0.889. The molecule has 0 aromatic heterocycles. The minimum absolute atomic E-state index is 0.00984. The van der Waals surface area contributed by atoms with Gasteiger partial charge in [0.05, 0.1) is 6.10 Å². The molecule has 2 fully saturated rings. The lowest BCUT2D eigenvalue weighted by Gasteiger charge is -2.25. The average Bonchev–Trinajstić information content (AvgIpc) is 2.62. The van der Waals surface area contributed by atoms with Crippen molar-refractivity contribution in [3.63, 3.8) is 0 Å². The van der Waals surface area contributed by atoms with Gasteiger partial charge < -0.3 is 15.4 Å². The first kappa shape index (κ1) is 8.97. The topological polar surface area (TPSA) is 50.4 Å². The van der Waals surface area contributed by atoms with Crippen molar-refractivity contribution in [3.05, 3.63) is 0 Å². The van der Waals surface area contributed by atoms with Gasteiger partial charge in [0.2, 0.25) is 5.91 Å². The van der Waals surface area contributed by atoms with Crippen LogP contribution in [0.1, 0.15) is 19.3 Å². The standard InChI is InChI=1S/C9H16N2O2/c12-9-6-13-8(5-11-9)4-7-2-1-3-10-7/h7-8,10H,1-6H2,(H,11,12). The number of rotatable bonds is 2. The third-order valence-corrected chi connectivity index (χ3v) is 2.69. The molecule has 1 amide bonds. The molecule has 4 nitrogen and oxygen atoms in total. The van der Waals surface area contributed by atoms with E-state index >= 15 is 0 Å². The van der Waals surface area contributed by atoms with E-state index in [1.807, 2.05) is 0 Å². The zero-order valence-electron chi connectivity index (χ0n) is 7.71. The maximum Gasteiger partial charge on any atom is 0.246 e. The van der Waals surface area contributed by atoms with Gasteiger partial charge in [0.15, 0.2) is 0 Å². The Hall–Kier alpha value is -0.610. The van der Waals surface area contributed by atoms with Gasteiger partial charge in [0.25, 0.3) is 0 Å². The van der Waals surface area contributed by atoms with Crippen molar-refractivity contribution in [2.24, 2.45) is 0 Å². The monoisotopic (exact) mass is 184 g/mol. The SMILES string of the molecule is O=C1COC(CC2CCCN2)CN1. The number of hydrogen-bond acceptors (Lipinski definition) is 3. The Balaban J connectivity index is 1.72. The summed E-state index contributed by atoms with van der Waals surface area (Å²) in [6.07, 6.45) is 3.76. The lowest BCUT2D eigenvalue weighted by Crippen LogP contribution is -2.45. The van der Waals surface area contributed by atoms with Crippen LogP contribution in [0.4, 0.5) is 0 Å². The summed E-state index contributed by atoms with van der Waals surface area (Å²) >= 11 is 0. The molecule has 2 aliphatic rings. The number of carbonyl (C=O) groups excluding carboxylic acids is 1. The number of amides is 1. The van der Waals surface area contributed by atoms with E-state index in [4.69, 9.17) is 4.74 Å². The summed E-state index contributed by atoms with van der Waals surface area (Å²) in [5.41, 5.74) is 0. The molecular weight excluding hydrogens is 168 g/mol. The summed E-state index contributed by atoms with van der Waals surface area (Å²) < 4.78 is 5.40. The Bertz CT molecular complexity index is 180. The van der Waals surface area contributed by atoms with Crippen LogP contribution in [0.3, 0.4) is 0 Å². The number of carbonyl (C=O) groups is 1. The quantitative estimate of drug-likeness (QED) is 0.616.